The molecule has 0 aliphatic heterocycles. The van der Waals surface area contributed by atoms with Gasteiger partial charge in [-0.25, -0.2) is 19.5 Å². The fraction of sp³-hybridized carbons (Fsp3) is 0. The molecule has 0 saturated carbocycles. The summed E-state index contributed by atoms with van der Waals surface area (Å²) in [5.41, 5.74) is 12.3. The molecule has 0 spiro atoms. The monoisotopic (exact) mass is 703 g/mol. The van der Waals surface area contributed by atoms with Crippen molar-refractivity contribution in [3.05, 3.63) is 200 Å². The Bertz CT molecular complexity index is 2940. The van der Waals surface area contributed by atoms with E-state index in [1.165, 1.54) is 0 Å². The summed E-state index contributed by atoms with van der Waals surface area (Å²) >= 11 is 0. The van der Waals surface area contributed by atoms with Crippen molar-refractivity contribution in [3.63, 3.8) is 0 Å². The maximum absolute atomic E-state index is 5.40. The predicted molar refractivity (Wildman–Crippen MR) is 224 cm³/mol. The third kappa shape index (κ3) is 6.04. The molecule has 55 heavy (non-hydrogen) atoms. The molecule has 0 aliphatic carbocycles. The Morgan fingerprint density at radius 2 is 0.800 bits per heavy atom. The predicted octanol–water partition coefficient (Wildman–Crippen LogP) is 12.3. The molecular formula is C50H33N5. The van der Waals surface area contributed by atoms with Crippen LogP contribution in [0.5, 0.6) is 0 Å². The number of pyridine rings is 1. The molecule has 7 aromatic carbocycles. The molecule has 0 N–H and O–H groups in total. The van der Waals surface area contributed by atoms with Crippen LogP contribution in [-0.2, 0) is 0 Å². The molecule has 258 valence electrons. The van der Waals surface area contributed by atoms with Gasteiger partial charge in [-0.05, 0) is 40.3 Å². The van der Waals surface area contributed by atoms with Crippen LogP contribution in [0.15, 0.2) is 200 Å². The van der Waals surface area contributed by atoms with E-state index in [-0.39, 0.29) is 0 Å². The minimum absolute atomic E-state index is 0.602. The van der Waals surface area contributed by atoms with Gasteiger partial charge < -0.3 is 0 Å². The van der Waals surface area contributed by atoms with Gasteiger partial charge in [0.1, 0.15) is 5.69 Å². The number of hydrogen-bond donors (Lipinski definition) is 0. The van der Waals surface area contributed by atoms with E-state index in [0.29, 0.717) is 17.5 Å². The number of benzene rings is 7. The van der Waals surface area contributed by atoms with Crippen molar-refractivity contribution in [2.75, 3.05) is 0 Å². The minimum atomic E-state index is 0.602. The van der Waals surface area contributed by atoms with Crippen LogP contribution >= 0.6 is 0 Å². The number of hydrogen-bond acceptors (Lipinski definition) is 4. The van der Waals surface area contributed by atoms with Crippen LogP contribution in [0.3, 0.4) is 0 Å². The van der Waals surface area contributed by atoms with Crippen LogP contribution in [0.4, 0.5) is 0 Å². The highest BCUT2D eigenvalue weighted by Crippen LogP contribution is 2.42. The number of aromatic nitrogens is 5. The van der Waals surface area contributed by atoms with Gasteiger partial charge >= 0.3 is 0 Å². The van der Waals surface area contributed by atoms with E-state index in [1.807, 2.05) is 48.5 Å². The summed E-state index contributed by atoms with van der Waals surface area (Å²) in [5, 5.41) is 7.56. The number of nitrogens with zero attached hydrogens (tertiary/aromatic N) is 5. The Morgan fingerprint density at radius 3 is 1.42 bits per heavy atom. The molecule has 0 atom stereocenters. The maximum Gasteiger partial charge on any atom is 0.164 e. The average molecular weight is 704 g/mol. The standard InChI is InChI=1S/C50H33N5/c1-6-17-34(18-7-1)39-27-16-28-41(31-39)49-51-48(38-25-14-5-15-26-38)52-50(53-49)42-30-29-40-33-44(35-19-8-2-9-20-35)55-47(43(40)32-42)45(36-21-10-3-11-22-36)46(54-55)37-23-12-4-13-24-37/h1-33H. The first-order valence-electron chi connectivity index (χ1n) is 18.4. The highest BCUT2D eigenvalue weighted by molar-refractivity contribution is 6.09. The molecule has 3 heterocycles. The summed E-state index contributed by atoms with van der Waals surface area (Å²) in [6, 6.07) is 69.2. The zero-order chi connectivity index (χ0) is 36.6. The lowest BCUT2D eigenvalue weighted by Gasteiger charge is -2.13. The van der Waals surface area contributed by atoms with E-state index >= 15 is 0 Å². The fourth-order valence-corrected chi connectivity index (χ4v) is 7.39. The molecule has 3 aromatic heterocycles. The Balaban J connectivity index is 1.24. The van der Waals surface area contributed by atoms with Crippen LogP contribution in [0.25, 0.3) is 95.2 Å². The van der Waals surface area contributed by atoms with Gasteiger partial charge in [0, 0.05) is 38.8 Å². The van der Waals surface area contributed by atoms with E-state index in [9.17, 15) is 0 Å². The summed E-state index contributed by atoms with van der Waals surface area (Å²) in [5.74, 6) is 1.84. The Kier molecular flexibility index (Phi) is 8.08. The van der Waals surface area contributed by atoms with Crippen LogP contribution in [0.1, 0.15) is 0 Å². The Labute approximate surface area is 318 Å². The second-order valence-corrected chi connectivity index (χ2v) is 13.5. The van der Waals surface area contributed by atoms with Crippen molar-refractivity contribution >= 4 is 16.3 Å². The molecule has 0 bridgehead atoms. The third-order valence-corrected chi connectivity index (χ3v) is 10.0. The molecule has 5 heteroatoms. The highest BCUT2D eigenvalue weighted by atomic mass is 15.2. The molecule has 5 nitrogen and oxygen atoms in total. The van der Waals surface area contributed by atoms with Crippen LogP contribution in [0.2, 0.25) is 0 Å². The van der Waals surface area contributed by atoms with Crippen molar-refractivity contribution in [2.45, 2.75) is 0 Å². The van der Waals surface area contributed by atoms with Gasteiger partial charge in [0.15, 0.2) is 17.5 Å². The fourth-order valence-electron chi connectivity index (χ4n) is 7.39. The van der Waals surface area contributed by atoms with Crippen LogP contribution in [-0.4, -0.2) is 24.6 Å². The SMILES string of the molecule is c1ccc(-c2cccc(-c3nc(-c4ccccc4)nc(-c4ccc5cc(-c6ccccc6)n6nc(-c7ccccc7)c(-c7ccccc7)c6c5c4)n3)c2)cc1. The molecule has 0 saturated heterocycles. The second kappa shape index (κ2) is 13.8. The van der Waals surface area contributed by atoms with Crippen molar-refractivity contribution in [1.82, 2.24) is 24.6 Å². The van der Waals surface area contributed by atoms with Crippen molar-refractivity contribution in [3.8, 4) is 78.9 Å². The van der Waals surface area contributed by atoms with Crippen molar-refractivity contribution in [1.29, 1.82) is 0 Å². The molecule has 0 fully saturated rings. The molecule has 0 aliphatic rings. The van der Waals surface area contributed by atoms with Crippen molar-refractivity contribution < 1.29 is 0 Å². The Morgan fingerprint density at radius 1 is 0.327 bits per heavy atom. The van der Waals surface area contributed by atoms with Gasteiger partial charge in [0.25, 0.3) is 0 Å². The van der Waals surface area contributed by atoms with Crippen LogP contribution in [0, 0.1) is 0 Å². The highest BCUT2D eigenvalue weighted by Gasteiger charge is 2.22. The van der Waals surface area contributed by atoms with Crippen molar-refractivity contribution in [2.24, 2.45) is 0 Å². The first-order chi connectivity index (χ1) is 27.3. The summed E-state index contributed by atoms with van der Waals surface area (Å²) in [6.45, 7) is 0. The van der Waals surface area contributed by atoms with Gasteiger partial charge in [0.2, 0.25) is 0 Å². The van der Waals surface area contributed by atoms with E-state index < -0.39 is 0 Å². The summed E-state index contributed by atoms with van der Waals surface area (Å²) in [6.07, 6.45) is 0. The molecule has 0 radical (unpaired) electrons. The van der Waals surface area contributed by atoms with E-state index in [1.54, 1.807) is 0 Å². The topological polar surface area (TPSA) is 56.0 Å². The van der Waals surface area contributed by atoms with Gasteiger partial charge in [0.05, 0.1) is 11.2 Å². The van der Waals surface area contributed by atoms with E-state index in [4.69, 9.17) is 20.1 Å². The lowest BCUT2D eigenvalue weighted by atomic mass is 9.96. The number of fused-ring (bicyclic) bond motifs is 3. The normalized spacial score (nSPS) is 11.3. The summed E-state index contributed by atoms with van der Waals surface area (Å²) in [4.78, 5) is 15.3. The zero-order valence-corrected chi connectivity index (χ0v) is 29.8. The van der Waals surface area contributed by atoms with E-state index in [2.05, 4.69) is 156 Å². The second-order valence-electron chi connectivity index (χ2n) is 13.5. The molecule has 10 aromatic rings. The van der Waals surface area contributed by atoms with Gasteiger partial charge in [-0.3, -0.25) is 0 Å². The smallest absolute Gasteiger partial charge is 0.164 e. The summed E-state index contributed by atoms with van der Waals surface area (Å²) in [7, 11) is 0. The third-order valence-electron chi connectivity index (χ3n) is 10.0. The average Bonchev–Trinajstić information content (AvgIpc) is 3.69. The molecule has 0 unspecified atom stereocenters. The minimum Gasteiger partial charge on any atom is -0.231 e. The quantitative estimate of drug-likeness (QED) is 0.166. The first kappa shape index (κ1) is 32.2. The first-order valence-corrected chi connectivity index (χ1v) is 18.4. The lowest BCUT2D eigenvalue weighted by molar-refractivity contribution is 0.979. The lowest BCUT2D eigenvalue weighted by Crippen LogP contribution is -2.01. The van der Waals surface area contributed by atoms with Gasteiger partial charge in [-0.1, -0.05) is 182 Å². The van der Waals surface area contributed by atoms with Gasteiger partial charge in [-0.15, -0.1) is 0 Å². The molecule has 10 rings (SSSR count). The van der Waals surface area contributed by atoms with Gasteiger partial charge in [-0.2, -0.15) is 5.10 Å². The Hall–Kier alpha value is -7.50. The summed E-state index contributed by atoms with van der Waals surface area (Å²) < 4.78 is 2.12. The van der Waals surface area contributed by atoms with Crippen LogP contribution < -0.4 is 0 Å². The molecular weight excluding hydrogens is 671 g/mol. The zero-order valence-electron chi connectivity index (χ0n) is 29.8. The largest absolute Gasteiger partial charge is 0.231 e. The maximum atomic E-state index is 5.40. The van der Waals surface area contributed by atoms with E-state index in [0.717, 1.165) is 77.7 Å². The molecule has 0 amide bonds. The number of rotatable bonds is 7.